The summed E-state index contributed by atoms with van der Waals surface area (Å²) < 4.78 is 52.5. The van der Waals surface area contributed by atoms with Crippen LogP contribution in [0.25, 0.3) is 11.2 Å². The Morgan fingerprint density at radius 2 is 1.71 bits per heavy atom. The largest absolute Gasteiger partial charge is 0.465 e. The Labute approximate surface area is 306 Å². The molecule has 15 heteroatoms. The second kappa shape index (κ2) is 20.6. The van der Waals surface area contributed by atoms with Crippen LogP contribution in [0.4, 0.5) is 10.2 Å². The van der Waals surface area contributed by atoms with Crippen LogP contribution in [-0.2, 0) is 23.4 Å². The van der Waals surface area contributed by atoms with E-state index in [1.54, 1.807) is 30.3 Å². The lowest BCUT2D eigenvalue weighted by molar-refractivity contribution is -0.145. The molecule has 1 aliphatic heterocycles. The number of terminal acetylenes is 1. The molecule has 4 N–H and O–H groups in total. The maximum absolute atomic E-state index is 14.1. The highest BCUT2D eigenvalue weighted by atomic mass is 31.2. The summed E-state index contributed by atoms with van der Waals surface area (Å²) in [5.74, 6) is 1.83. The Bertz CT molecular complexity index is 1640. The molecule has 2 aromatic heterocycles. The molecule has 4 rings (SSSR count). The molecular formula is C37H54FN6O7P. The minimum absolute atomic E-state index is 0.0390. The molecule has 1 unspecified atom stereocenters. The number of fused-ring (bicyclic) bond motifs is 1. The minimum atomic E-state index is -4.34. The van der Waals surface area contributed by atoms with Crippen molar-refractivity contribution in [3.05, 3.63) is 42.7 Å². The zero-order chi connectivity index (χ0) is 37.4. The quantitative estimate of drug-likeness (QED) is 0.0273. The Kier molecular flexibility index (Phi) is 16.3. The van der Waals surface area contributed by atoms with Crippen LogP contribution in [0.1, 0.15) is 116 Å². The van der Waals surface area contributed by atoms with Crippen LogP contribution in [0, 0.1) is 18.4 Å². The summed E-state index contributed by atoms with van der Waals surface area (Å²) in [5, 5.41) is 13.7. The zero-order valence-electron chi connectivity index (χ0n) is 30.4. The summed E-state index contributed by atoms with van der Waals surface area (Å²) in [6.45, 7) is 3.37. The third-order valence-corrected chi connectivity index (χ3v) is 10.8. The van der Waals surface area contributed by atoms with Crippen molar-refractivity contribution in [3.63, 3.8) is 0 Å². The number of carbonyl (C=O) groups is 1. The monoisotopic (exact) mass is 744 g/mol. The highest BCUT2D eigenvalue weighted by molar-refractivity contribution is 7.52. The van der Waals surface area contributed by atoms with Crippen molar-refractivity contribution in [1.29, 1.82) is 0 Å². The molecule has 0 aliphatic carbocycles. The van der Waals surface area contributed by atoms with E-state index < -0.39 is 50.4 Å². The SMILES string of the molecule is C#C[C@]1(COP(=O)(N[C@@H](C)C(=O)OCCCCCCCCCCCCCCCC)Oc2ccccc2)O[C@@H](n2cnc3c(N)nc(F)nc32)C[C@@H]1O. The molecule has 1 saturated heterocycles. The van der Waals surface area contributed by atoms with Gasteiger partial charge in [-0.2, -0.15) is 19.4 Å². The van der Waals surface area contributed by atoms with E-state index >= 15 is 0 Å². The minimum Gasteiger partial charge on any atom is -0.465 e. The Morgan fingerprint density at radius 1 is 1.10 bits per heavy atom. The fourth-order valence-corrected chi connectivity index (χ4v) is 7.64. The number of anilines is 1. The van der Waals surface area contributed by atoms with Crippen LogP contribution in [0.15, 0.2) is 36.7 Å². The highest BCUT2D eigenvalue weighted by Crippen LogP contribution is 2.48. The van der Waals surface area contributed by atoms with Crippen molar-refractivity contribution < 1.29 is 37.4 Å². The second-order valence-corrected chi connectivity index (χ2v) is 15.0. The van der Waals surface area contributed by atoms with Crippen LogP contribution in [-0.4, -0.2) is 61.6 Å². The molecule has 1 fully saturated rings. The number of esters is 1. The standard InChI is InChI=1S/C37H54FN6O7P/c1-4-6-7-8-9-10-11-12-13-14-15-16-17-21-24-48-35(46)28(3)43-52(47,51-29-22-19-18-20-23-29)49-26-37(5-2)30(45)25-31(50-37)44-27-40-32-33(39)41-36(38)42-34(32)44/h2,18-20,22-23,27-28,30-31,45H,4,6-17,21,24-26H2,1,3H3,(H,43,47)(H2,39,41,42)/t28-,30-,31+,37+,52?/m0/s1. The Hall–Kier alpha value is -3.60. The third kappa shape index (κ3) is 12.0. The number of aliphatic hydroxyl groups excluding tert-OH is 1. The number of ether oxygens (including phenoxy) is 2. The van der Waals surface area contributed by atoms with Crippen molar-refractivity contribution in [3.8, 4) is 18.1 Å². The van der Waals surface area contributed by atoms with Crippen molar-refractivity contribution in [2.24, 2.45) is 0 Å². The number of benzene rings is 1. The van der Waals surface area contributed by atoms with Crippen LogP contribution in [0.2, 0.25) is 0 Å². The Morgan fingerprint density at radius 3 is 2.33 bits per heavy atom. The van der Waals surface area contributed by atoms with Gasteiger partial charge in [0, 0.05) is 6.42 Å². The second-order valence-electron chi connectivity index (χ2n) is 13.3. The number of aromatic nitrogens is 4. The molecule has 1 aliphatic rings. The maximum Gasteiger partial charge on any atom is 0.459 e. The number of nitrogens with zero attached hydrogens (tertiary/aromatic N) is 4. The molecule has 0 spiro atoms. The van der Waals surface area contributed by atoms with E-state index in [0.29, 0.717) is 0 Å². The molecule has 0 radical (unpaired) electrons. The number of nitrogen functional groups attached to an aromatic ring is 1. The molecule has 52 heavy (non-hydrogen) atoms. The average molecular weight is 745 g/mol. The van der Waals surface area contributed by atoms with E-state index in [1.165, 1.54) is 88.4 Å². The van der Waals surface area contributed by atoms with E-state index in [0.717, 1.165) is 19.3 Å². The van der Waals surface area contributed by atoms with E-state index in [-0.39, 0.29) is 35.8 Å². The number of unbranched alkanes of at least 4 members (excludes halogenated alkanes) is 13. The summed E-state index contributed by atoms with van der Waals surface area (Å²) in [7, 11) is -4.34. The van der Waals surface area contributed by atoms with Gasteiger partial charge in [0.25, 0.3) is 0 Å². The number of hydrogen-bond donors (Lipinski definition) is 3. The van der Waals surface area contributed by atoms with Gasteiger partial charge in [0.05, 0.1) is 12.9 Å². The lowest BCUT2D eigenvalue weighted by Crippen LogP contribution is -2.43. The first-order valence-corrected chi connectivity index (χ1v) is 20.1. The first kappa shape index (κ1) is 41.2. The number of carbonyl (C=O) groups excluding carboxylic acids is 1. The van der Waals surface area contributed by atoms with Gasteiger partial charge in [-0.3, -0.25) is 13.9 Å². The highest BCUT2D eigenvalue weighted by Gasteiger charge is 2.50. The van der Waals surface area contributed by atoms with Gasteiger partial charge in [-0.05, 0) is 25.5 Å². The lowest BCUT2D eigenvalue weighted by Gasteiger charge is -2.29. The predicted octanol–water partition coefficient (Wildman–Crippen LogP) is 7.41. The van der Waals surface area contributed by atoms with E-state index in [1.807, 2.05) is 0 Å². The van der Waals surface area contributed by atoms with Gasteiger partial charge < -0.3 is 24.8 Å². The number of aliphatic hydroxyl groups is 1. The summed E-state index contributed by atoms with van der Waals surface area (Å²) in [6.07, 6.45) is 20.9. The van der Waals surface area contributed by atoms with Gasteiger partial charge >= 0.3 is 19.8 Å². The lowest BCUT2D eigenvalue weighted by atomic mass is 9.99. The number of imidazole rings is 1. The topological polar surface area (TPSA) is 173 Å². The van der Waals surface area contributed by atoms with Gasteiger partial charge in [0.1, 0.15) is 30.7 Å². The molecule has 286 valence electrons. The third-order valence-electron chi connectivity index (χ3n) is 9.15. The zero-order valence-corrected chi connectivity index (χ0v) is 31.3. The fourth-order valence-electron chi connectivity index (χ4n) is 6.12. The molecule has 3 heterocycles. The Balaban J connectivity index is 1.25. The van der Waals surface area contributed by atoms with E-state index in [2.05, 4.69) is 32.9 Å². The molecule has 0 saturated carbocycles. The molecule has 0 amide bonds. The van der Waals surface area contributed by atoms with E-state index in [4.69, 9.17) is 30.7 Å². The van der Waals surface area contributed by atoms with E-state index in [9.17, 15) is 18.9 Å². The molecule has 1 aromatic carbocycles. The molecule has 13 nitrogen and oxygen atoms in total. The number of halogens is 1. The van der Waals surface area contributed by atoms with Gasteiger partial charge in [-0.15, -0.1) is 6.42 Å². The summed E-state index contributed by atoms with van der Waals surface area (Å²) in [5.41, 5.74) is 4.15. The summed E-state index contributed by atoms with van der Waals surface area (Å²) >= 11 is 0. The summed E-state index contributed by atoms with van der Waals surface area (Å²) in [4.78, 5) is 24.3. The normalized spacial score (nSPS) is 20.4. The maximum atomic E-state index is 14.1. The molecule has 3 aromatic rings. The smallest absolute Gasteiger partial charge is 0.459 e. The van der Waals surface area contributed by atoms with Crippen molar-refractivity contribution in [2.45, 2.75) is 134 Å². The van der Waals surface area contributed by atoms with Crippen molar-refractivity contribution >= 4 is 30.7 Å². The first-order valence-electron chi connectivity index (χ1n) is 18.5. The average Bonchev–Trinajstić information content (AvgIpc) is 3.70. The van der Waals surface area contributed by atoms with Crippen LogP contribution >= 0.6 is 7.75 Å². The van der Waals surface area contributed by atoms with Crippen molar-refractivity contribution in [1.82, 2.24) is 24.6 Å². The molecule has 0 bridgehead atoms. The van der Waals surface area contributed by atoms with Crippen LogP contribution < -0.4 is 15.3 Å². The first-order chi connectivity index (χ1) is 25.1. The number of hydrogen-bond acceptors (Lipinski definition) is 11. The van der Waals surface area contributed by atoms with Gasteiger partial charge in [-0.1, -0.05) is 115 Å². The summed E-state index contributed by atoms with van der Waals surface area (Å²) in [6, 6.07) is 7.17. The van der Waals surface area contributed by atoms with Crippen molar-refractivity contribution in [2.75, 3.05) is 18.9 Å². The number of rotatable bonds is 24. The van der Waals surface area contributed by atoms with Crippen LogP contribution in [0.3, 0.4) is 0 Å². The number of nitrogens with two attached hydrogens (primary N) is 1. The van der Waals surface area contributed by atoms with Gasteiger partial charge in [0.15, 0.2) is 22.6 Å². The van der Waals surface area contributed by atoms with Gasteiger partial charge in [-0.25, -0.2) is 9.55 Å². The number of nitrogens with one attached hydrogen (secondary N) is 1. The molecule has 5 atom stereocenters. The predicted molar refractivity (Wildman–Crippen MR) is 197 cm³/mol. The van der Waals surface area contributed by atoms with Crippen LogP contribution in [0.5, 0.6) is 5.75 Å². The molecular weight excluding hydrogens is 690 g/mol. The van der Waals surface area contributed by atoms with Gasteiger partial charge in [0.2, 0.25) is 0 Å². The fraction of sp³-hybridized carbons (Fsp3) is 0.622. The number of para-hydroxylation sites is 1.